The first-order valence-electron chi connectivity index (χ1n) is 5.97. The van der Waals surface area contributed by atoms with E-state index in [1.807, 2.05) is 32.2 Å². The van der Waals surface area contributed by atoms with Gasteiger partial charge in [0.25, 0.3) is 0 Å². The van der Waals surface area contributed by atoms with Gasteiger partial charge in [-0.05, 0) is 55.4 Å². The maximum absolute atomic E-state index is 13.0. The number of ether oxygens (including phenoxy) is 1. The van der Waals surface area contributed by atoms with Gasteiger partial charge in [-0.3, -0.25) is 0 Å². The summed E-state index contributed by atoms with van der Waals surface area (Å²) in [7, 11) is 1.90. The van der Waals surface area contributed by atoms with Crippen LogP contribution in [0.25, 0.3) is 0 Å². The van der Waals surface area contributed by atoms with E-state index < -0.39 is 0 Å². The zero-order valence-electron chi connectivity index (χ0n) is 10.8. The van der Waals surface area contributed by atoms with Crippen LogP contribution in [0.3, 0.4) is 0 Å². The van der Waals surface area contributed by atoms with Crippen LogP contribution in [-0.2, 0) is 6.54 Å². The molecule has 0 amide bonds. The Kier molecular flexibility index (Phi) is 4.56. The molecule has 0 radical (unpaired) electrons. The van der Waals surface area contributed by atoms with E-state index >= 15 is 0 Å². The molecule has 0 saturated carbocycles. The fraction of sp³-hybridized carbons (Fsp3) is 0.200. The van der Waals surface area contributed by atoms with Crippen molar-refractivity contribution < 1.29 is 9.13 Å². The first-order valence-corrected chi connectivity index (χ1v) is 6.76. The van der Waals surface area contributed by atoms with Gasteiger partial charge in [-0.1, -0.05) is 22.0 Å². The number of nitrogens with one attached hydrogen (secondary N) is 1. The van der Waals surface area contributed by atoms with Gasteiger partial charge >= 0.3 is 0 Å². The van der Waals surface area contributed by atoms with Crippen molar-refractivity contribution in [1.82, 2.24) is 5.32 Å². The fourth-order valence-electron chi connectivity index (χ4n) is 1.78. The van der Waals surface area contributed by atoms with Crippen LogP contribution < -0.4 is 10.1 Å². The predicted molar refractivity (Wildman–Crippen MR) is 78.1 cm³/mol. The molecule has 0 aliphatic carbocycles. The van der Waals surface area contributed by atoms with Crippen molar-refractivity contribution in [2.75, 3.05) is 7.05 Å². The molecule has 2 nitrogen and oxygen atoms in total. The molecular weight excluding hydrogens is 309 g/mol. The van der Waals surface area contributed by atoms with Crippen molar-refractivity contribution >= 4 is 15.9 Å². The fourth-order valence-corrected chi connectivity index (χ4v) is 2.28. The standard InChI is InChI=1S/C15H15BrFNO/c1-10-7-12(17)4-6-15(10)19-13-5-3-11(9-18-2)14(16)8-13/h3-8,18H,9H2,1-2H3. The number of benzene rings is 2. The maximum atomic E-state index is 13.0. The molecule has 2 aromatic carbocycles. The summed E-state index contributed by atoms with van der Waals surface area (Å²) < 4.78 is 19.8. The van der Waals surface area contributed by atoms with Gasteiger partial charge in [0, 0.05) is 11.0 Å². The first kappa shape index (κ1) is 14.0. The SMILES string of the molecule is CNCc1ccc(Oc2ccc(F)cc2C)cc1Br. The summed E-state index contributed by atoms with van der Waals surface area (Å²) in [4.78, 5) is 0. The highest BCUT2D eigenvalue weighted by atomic mass is 79.9. The molecule has 0 bridgehead atoms. The molecule has 0 heterocycles. The van der Waals surface area contributed by atoms with Crippen LogP contribution in [0.5, 0.6) is 11.5 Å². The number of aryl methyl sites for hydroxylation is 1. The molecule has 1 N–H and O–H groups in total. The van der Waals surface area contributed by atoms with E-state index in [4.69, 9.17) is 4.74 Å². The summed E-state index contributed by atoms with van der Waals surface area (Å²) in [5, 5.41) is 3.10. The predicted octanol–water partition coefficient (Wildman–Crippen LogP) is 4.41. The Hall–Kier alpha value is -1.39. The average molecular weight is 324 g/mol. The second-order valence-electron chi connectivity index (χ2n) is 4.30. The number of hydrogen-bond donors (Lipinski definition) is 1. The van der Waals surface area contributed by atoms with Crippen molar-refractivity contribution in [1.29, 1.82) is 0 Å². The van der Waals surface area contributed by atoms with Crippen molar-refractivity contribution in [3.63, 3.8) is 0 Å². The maximum Gasteiger partial charge on any atom is 0.130 e. The normalized spacial score (nSPS) is 10.5. The lowest BCUT2D eigenvalue weighted by molar-refractivity contribution is 0.476. The van der Waals surface area contributed by atoms with Gasteiger partial charge in [0.05, 0.1) is 0 Å². The van der Waals surface area contributed by atoms with E-state index in [2.05, 4.69) is 21.2 Å². The molecule has 0 aliphatic heterocycles. The minimum atomic E-state index is -0.254. The summed E-state index contributed by atoms with van der Waals surface area (Å²) in [6.07, 6.45) is 0. The van der Waals surface area contributed by atoms with Gasteiger partial charge in [0.15, 0.2) is 0 Å². The highest BCUT2D eigenvalue weighted by molar-refractivity contribution is 9.10. The second kappa shape index (κ2) is 6.17. The summed E-state index contributed by atoms with van der Waals surface area (Å²) in [6.45, 7) is 2.61. The van der Waals surface area contributed by atoms with Crippen LogP contribution in [0.1, 0.15) is 11.1 Å². The van der Waals surface area contributed by atoms with Crippen molar-refractivity contribution in [2.45, 2.75) is 13.5 Å². The third-order valence-electron chi connectivity index (χ3n) is 2.76. The Balaban J connectivity index is 2.21. The van der Waals surface area contributed by atoms with Crippen LogP contribution in [0.15, 0.2) is 40.9 Å². The summed E-state index contributed by atoms with van der Waals surface area (Å²) in [5.74, 6) is 1.13. The molecule has 0 spiro atoms. The van der Waals surface area contributed by atoms with Crippen LogP contribution in [-0.4, -0.2) is 7.05 Å². The molecule has 0 aliphatic rings. The third kappa shape index (κ3) is 3.55. The van der Waals surface area contributed by atoms with Crippen LogP contribution in [0.4, 0.5) is 4.39 Å². The minimum Gasteiger partial charge on any atom is -0.457 e. The summed E-state index contributed by atoms with van der Waals surface area (Å²) in [6, 6.07) is 10.3. The van der Waals surface area contributed by atoms with Crippen LogP contribution in [0, 0.1) is 12.7 Å². The Morgan fingerprint density at radius 3 is 2.63 bits per heavy atom. The van der Waals surface area contributed by atoms with Gasteiger partial charge in [0.1, 0.15) is 17.3 Å². The molecule has 0 saturated heterocycles. The Bertz CT molecular complexity index is 586. The molecule has 0 unspecified atom stereocenters. The zero-order chi connectivity index (χ0) is 13.8. The lowest BCUT2D eigenvalue weighted by atomic mass is 10.2. The van der Waals surface area contributed by atoms with Gasteiger partial charge in [0.2, 0.25) is 0 Å². The minimum absolute atomic E-state index is 0.254. The largest absolute Gasteiger partial charge is 0.457 e. The topological polar surface area (TPSA) is 21.3 Å². The van der Waals surface area contributed by atoms with Gasteiger partial charge in [-0.25, -0.2) is 4.39 Å². The van der Waals surface area contributed by atoms with Crippen molar-refractivity contribution in [2.24, 2.45) is 0 Å². The Morgan fingerprint density at radius 1 is 1.21 bits per heavy atom. The Labute approximate surface area is 120 Å². The number of halogens is 2. The number of hydrogen-bond acceptors (Lipinski definition) is 2. The van der Waals surface area contributed by atoms with Crippen LogP contribution in [0.2, 0.25) is 0 Å². The molecule has 100 valence electrons. The van der Waals surface area contributed by atoms with Gasteiger partial charge in [-0.15, -0.1) is 0 Å². The highest BCUT2D eigenvalue weighted by Crippen LogP contribution is 2.29. The molecule has 2 rings (SSSR count). The van der Waals surface area contributed by atoms with E-state index in [0.29, 0.717) is 5.75 Å². The summed E-state index contributed by atoms with van der Waals surface area (Å²) in [5.41, 5.74) is 1.93. The average Bonchev–Trinajstić information content (AvgIpc) is 2.36. The van der Waals surface area contributed by atoms with E-state index in [-0.39, 0.29) is 5.82 Å². The quantitative estimate of drug-likeness (QED) is 0.899. The second-order valence-corrected chi connectivity index (χ2v) is 5.15. The highest BCUT2D eigenvalue weighted by Gasteiger charge is 2.05. The monoisotopic (exact) mass is 323 g/mol. The van der Waals surface area contributed by atoms with E-state index in [0.717, 1.165) is 27.9 Å². The van der Waals surface area contributed by atoms with Gasteiger partial charge in [-0.2, -0.15) is 0 Å². The molecule has 0 aromatic heterocycles. The summed E-state index contributed by atoms with van der Waals surface area (Å²) >= 11 is 3.51. The zero-order valence-corrected chi connectivity index (χ0v) is 12.4. The lowest BCUT2D eigenvalue weighted by Gasteiger charge is -2.11. The number of rotatable bonds is 4. The van der Waals surface area contributed by atoms with Crippen molar-refractivity contribution in [3.8, 4) is 11.5 Å². The van der Waals surface area contributed by atoms with E-state index in [1.165, 1.54) is 12.1 Å². The van der Waals surface area contributed by atoms with E-state index in [1.54, 1.807) is 6.07 Å². The molecular formula is C15H15BrFNO. The smallest absolute Gasteiger partial charge is 0.130 e. The molecule has 0 atom stereocenters. The van der Waals surface area contributed by atoms with Crippen LogP contribution >= 0.6 is 15.9 Å². The molecule has 0 fully saturated rings. The molecule has 2 aromatic rings. The third-order valence-corrected chi connectivity index (χ3v) is 3.49. The first-order chi connectivity index (χ1) is 9.10. The van der Waals surface area contributed by atoms with E-state index in [9.17, 15) is 4.39 Å². The Morgan fingerprint density at radius 2 is 2.00 bits per heavy atom. The lowest BCUT2D eigenvalue weighted by Crippen LogP contribution is -2.05. The molecule has 19 heavy (non-hydrogen) atoms. The molecule has 4 heteroatoms. The van der Waals surface area contributed by atoms with Crippen molar-refractivity contribution in [3.05, 3.63) is 57.8 Å². The van der Waals surface area contributed by atoms with Gasteiger partial charge < -0.3 is 10.1 Å².